The summed E-state index contributed by atoms with van der Waals surface area (Å²) in [6, 6.07) is 0.473. The second-order valence-electron chi connectivity index (χ2n) is 9.74. The van der Waals surface area contributed by atoms with Crippen molar-refractivity contribution < 1.29 is 9.53 Å². The van der Waals surface area contributed by atoms with E-state index in [1.807, 2.05) is 0 Å². The molecule has 7 heteroatoms. The molecule has 2 aliphatic carbocycles. The standard InChI is InChI=1S/C23H43N5O2/c1-27(2)21(29)17-24-22(26-20-9-5-3-6-10-20)25-18-23(11-7-4-8-12-23)19-28-13-15-30-16-14-28/h20H,3-19H2,1-2H3,(H2,24,25,26). The highest BCUT2D eigenvalue weighted by molar-refractivity contribution is 5.85. The minimum atomic E-state index is 0.0421. The zero-order valence-corrected chi connectivity index (χ0v) is 19.3. The summed E-state index contributed by atoms with van der Waals surface area (Å²) < 4.78 is 5.56. The Hall–Kier alpha value is -1.34. The molecule has 1 saturated heterocycles. The number of hydrogen-bond acceptors (Lipinski definition) is 4. The van der Waals surface area contributed by atoms with Crippen molar-refractivity contribution in [1.29, 1.82) is 0 Å². The number of nitrogens with one attached hydrogen (secondary N) is 2. The first-order valence-corrected chi connectivity index (χ1v) is 12.1. The van der Waals surface area contributed by atoms with Crippen LogP contribution in [0.25, 0.3) is 0 Å². The number of likely N-dealkylation sites (N-methyl/N-ethyl adjacent to an activating group) is 1. The first-order chi connectivity index (χ1) is 14.6. The molecule has 0 unspecified atom stereocenters. The van der Waals surface area contributed by atoms with Crippen LogP contribution in [-0.4, -0.2) is 87.7 Å². The van der Waals surface area contributed by atoms with Crippen LogP contribution in [0, 0.1) is 5.41 Å². The van der Waals surface area contributed by atoms with E-state index in [2.05, 4.69) is 20.5 Å². The Morgan fingerprint density at radius 1 is 1.07 bits per heavy atom. The molecule has 3 fully saturated rings. The Balaban J connectivity index is 1.63. The van der Waals surface area contributed by atoms with Gasteiger partial charge in [-0.15, -0.1) is 0 Å². The zero-order valence-electron chi connectivity index (χ0n) is 19.3. The molecule has 0 bridgehead atoms. The highest BCUT2D eigenvalue weighted by Gasteiger charge is 2.34. The predicted molar refractivity (Wildman–Crippen MR) is 122 cm³/mol. The Morgan fingerprint density at radius 3 is 2.40 bits per heavy atom. The lowest BCUT2D eigenvalue weighted by Crippen LogP contribution is -2.52. The van der Waals surface area contributed by atoms with Gasteiger partial charge >= 0.3 is 0 Å². The summed E-state index contributed by atoms with van der Waals surface area (Å²) in [5.41, 5.74) is 0.288. The molecular weight excluding hydrogens is 378 g/mol. The molecular formula is C23H43N5O2. The summed E-state index contributed by atoms with van der Waals surface area (Å²) in [4.78, 5) is 21.0. The van der Waals surface area contributed by atoms with Gasteiger partial charge in [0.05, 0.1) is 13.2 Å². The average molecular weight is 422 g/mol. The van der Waals surface area contributed by atoms with Crippen molar-refractivity contribution in [3.8, 4) is 0 Å². The molecule has 7 nitrogen and oxygen atoms in total. The Bertz CT molecular complexity index is 548. The number of nitrogens with zero attached hydrogens (tertiary/aromatic N) is 3. The lowest BCUT2D eigenvalue weighted by Gasteiger charge is -2.42. The lowest BCUT2D eigenvalue weighted by molar-refractivity contribution is -0.127. The normalized spacial score (nSPS) is 23.7. The number of aliphatic imine (C=N–C) groups is 1. The third-order valence-corrected chi connectivity index (χ3v) is 7.03. The number of guanidine groups is 1. The molecule has 0 aromatic carbocycles. The van der Waals surface area contributed by atoms with E-state index in [1.165, 1.54) is 64.2 Å². The summed E-state index contributed by atoms with van der Waals surface area (Å²) in [5.74, 6) is 0.865. The first-order valence-electron chi connectivity index (χ1n) is 12.1. The smallest absolute Gasteiger partial charge is 0.243 e. The number of ether oxygens (including phenoxy) is 1. The van der Waals surface area contributed by atoms with E-state index in [0.29, 0.717) is 6.04 Å². The van der Waals surface area contributed by atoms with Crippen molar-refractivity contribution in [2.45, 2.75) is 70.3 Å². The quantitative estimate of drug-likeness (QED) is 0.487. The van der Waals surface area contributed by atoms with Crippen LogP contribution < -0.4 is 10.6 Å². The van der Waals surface area contributed by atoms with Crippen molar-refractivity contribution >= 4 is 11.9 Å². The third kappa shape index (κ3) is 7.41. The molecule has 0 radical (unpaired) electrons. The SMILES string of the molecule is CN(C)C(=O)CN=C(NCC1(CN2CCOCC2)CCCCC1)NC1CCCCC1. The molecule has 172 valence electrons. The van der Waals surface area contributed by atoms with Gasteiger partial charge in [-0.25, -0.2) is 4.99 Å². The lowest BCUT2D eigenvalue weighted by atomic mass is 9.73. The molecule has 0 spiro atoms. The van der Waals surface area contributed by atoms with Crippen LogP contribution in [0.1, 0.15) is 64.2 Å². The largest absolute Gasteiger partial charge is 0.379 e. The van der Waals surface area contributed by atoms with Crippen LogP contribution in [0.2, 0.25) is 0 Å². The molecule has 2 N–H and O–H groups in total. The predicted octanol–water partition coefficient (Wildman–Crippen LogP) is 2.23. The van der Waals surface area contributed by atoms with Crippen LogP contribution in [-0.2, 0) is 9.53 Å². The summed E-state index contributed by atoms with van der Waals surface area (Å²) in [7, 11) is 3.58. The number of amides is 1. The van der Waals surface area contributed by atoms with E-state index in [4.69, 9.17) is 4.74 Å². The monoisotopic (exact) mass is 421 g/mol. The van der Waals surface area contributed by atoms with E-state index in [9.17, 15) is 4.79 Å². The molecule has 1 heterocycles. The molecule has 30 heavy (non-hydrogen) atoms. The molecule has 2 saturated carbocycles. The maximum Gasteiger partial charge on any atom is 0.243 e. The minimum Gasteiger partial charge on any atom is -0.379 e. The number of hydrogen-bond donors (Lipinski definition) is 2. The van der Waals surface area contributed by atoms with Crippen LogP contribution in [0.5, 0.6) is 0 Å². The molecule has 1 amide bonds. The van der Waals surface area contributed by atoms with Gasteiger partial charge in [0.25, 0.3) is 0 Å². The molecule has 3 rings (SSSR count). The molecule has 0 aromatic heterocycles. The van der Waals surface area contributed by atoms with Crippen LogP contribution in [0.3, 0.4) is 0 Å². The van der Waals surface area contributed by atoms with Crippen molar-refractivity contribution in [2.24, 2.45) is 10.4 Å². The van der Waals surface area contributed by atoms with Gasteiger partial charge in [-0.2, -0.15) is 0 Å². The fourth-order valence-electron chi connectivity index (χ4n) is 5.08. The van der Waals surface area contributed by atoms with E-state index in [0.717, 1.165) is 45.4 Å². The summed E-state index contributed by atoms with van der Waals surface area (Å²) in [6.45, 7) is 6.06. The Kier molecular flexibility index (Phi) is 9.25. The topological polar surface area (TPSA) is 69.2 Å². The highest BCUT2D eigenvalue weighted by atomic mass is 16.5. The fourth-order valence-corrected chi connectivity index (χ4v) is 5.08. The van der Waals surface area contributed by atoms with Crippen molar-refractivity contribution in [2.75, 3.05) is 60.0 Å². The number of rotatable bonds is 7. The van der Waals surface area contributed by atoms with Gasteiger partial charge in [0.2, 0.25) is 5.91 Å². The van der Waals surface area contributed by atoms with E-state index in [1.54, 1.807) is 19.0 Å². The van der Waals surface area contributed by atoms with Crippen molar-refractivity contribution in [3.63, 3.8) is 0 Å². The number of carbonyl (C=O) groups is 1. The molecule has 0 atom stereocenters. The third-order valence-electron chi connectivity index (χ3n) is 7.03. The molecule has 1 aliphatic heterocycles. The zero-order chi connectivity index (χ0) is 21.2. The summed E-state index contributed by atoms with van der Waals surface area (Å²) in [5, 5.41) is 7.32. The van der Waals surface area contributed by atoms with Gasteiger partial charge in [-0.1, -0.05) is 38.5 Å². The van der Waals surface area contributed by atoms with Gasteiger partial charge < -0.3 is 20.3 Å². The van der Waals surface area contributed by atoms with Gasteiger partial charge in [0.15, 0.2) is 5.96 Å². The van der Waals surface area contributed by atoms with Crippen LogP contribution >= 0.6 is 0 Å². The molecule has 0 aromatic rings. The van der Waals surface area contributed by atoms with Gasteiger partial charge in [0.1, 0.15) is 6.54 Å². The van der Waals surface area contributed by atoms with E-state index in [-0.39, 0.29) is 17.9 Å². The van der Waals surface area contributed by atoms with Crippen molar-refractivity contribution in [3.05, 3.63) is 0 Å². The summed E-state index contributed by atoms with van der Waals surface area (Å²) in [6.07, 6.45) is 12.8. The van der Waals surface area contributed by atoms with Crippen molar-refractivity contribution in [1.82, 2.24) is 20.4 Å². The van der Waals surface area contributed by atoms with Gasteiger partial charge in [-0.3, -0.25) is 9.69 Å². The second-order valence-corrected chi connectivity index (χ2v) is 9.74. The maximum absolute atomic E-state index is 12.1. The molecule has 3 aliphatic rings. The second kappa shape index (κ2) is 11.9. The highest BCUT2D eigenvalue weighted by Crippen LogP contribution is 2.36. The van der Waals surface area contributed by atoms with E-state index >= 15 is 0 Å². The Labute approximate surface area is 183 Å². The van der Waals surface area contributed by atoms with Crippen LogP contribution in [0.4, 0.5) is 0 Å². The fraction of sp³-hybridized carbons (Fsp3) is 0.913. The number of carbonyl (C=O) groups excluding carboxylic acids is 1. The Morgan fingerprint density at radius 2 is 1.73 bits per heavy atom. The van der Waals surface area contributed by atoms with Gasteiger partial charge in [-0.05, 0) is 25.7 Å². The van der Waals surface area contributed by atoms with Crippen LogP contribution in [0.15, 0.2) is 4.99 Å². The minimum absolute atomic E-state index is 0.0421. The maximum atomic E-state index is 12.1. The number of morpholine rings is 1. The van der Waals surface area contributed by atoms with Gasteiger partial charge in [0, 0.05) is 51.7 Å². The van der Waals surface area contributed by atoms with E-state index < -0.39 is 0 Å². The first kappa shape index (κ1) is 23.3. The average Bonchev–Trinajstić information content (AvgIpc) is 2.77. The summed E-state index contributed by atoms with van der Waals surface area (Å²) >= 11 is 0.